The Balaban J connectivity index is 1.61. The zero-order valence-corrected chi connectivity index (χ0v) is 16.2. The van der Waals surface area contributed by atoms with Gasteiger partial charge in [0.1, 0.15) is 11.6 Å². The van der Waals surface area contributed by atoms with Crippen LogP contribution >= 0.6 is 0 Å². The van der Waals surface area contributed by atoms with Crippen molar-refractivity contribution in [2.24, 2.45) is 0 Å². The quantitative estimate of drug-likeness (QED) is 0.403. The molecule has 0 saturated carbocycles. The summed E-state index contributed by atoms with van der Waals surface area (Å²) in [5.74, 6) is 2.18. The van der Waals surface area contributed by atoms with E-state index in [1.165, 1.54) is 0 Å². The summed E-state index contributed by atoms with van der Waals surface area (Å²) in [6.45, 7) is 1.99. The number of aryl methyl sites for hydroxylation is 1. The number of phenols is 1. The minimum Gasteiger partial charge on any atom is -0.507 e. The van der Waals surface area contributed by atoms with Crippen molar-refractivity contribution in [3.05, 3.63) is 78.4 Å². The molecular weight excluding hydrogens is 376 g/mol. The molecule has 5 rings (SSSR count). The molecule has 30 heavy (non-hydrogen) atoms. The van der Waals surface area contributed by atoms with E-state index in [9.17, 15) is 5.11 Å². The molecular formula is C23H18N6O. The molecule has 0 aliphatic rings. The van der Waals surface area contributed by atoms with Crippen LogP contribution in [0.25, 0.3) is 33.7 Å². The summed E-state index contributed by atoms with van der Waals surface area (Å²) in [5.41, 5.74) is 3.31. The first-order valence-electron chi connectivity index (χ1n) is 9.49. The predicted octanol–water partition coefficient (Wildman–Crippen LogP) is 4.84. The topological polar surface area (TPSA) is 99.6 Å². The number of para-hydroxylation sites is 2. The Morgan fingerprint density at radius 1 is 0.833 bits per heavy atom. The number of anilines is 2. The van der Waals surface area contributed by atoms with Gasteiger partial charge >= 0.3 is 0 Å². The Morgan fingerprint density at radius 3 is 2.47 bits per heavy atom. The van der Waals surface area contributed by atoms with Gasteiger partial charge in [-0.2, -0.15) is 4.98 Å². The molecule has 2 heterocycles. The van der Waals surface area contributed by atoms with E-state index in [2.05, 4.69) is 25.5 Å². The number of nitrogens with zero attached hydrogens (tertiary/aromatic N) is 4. The molecule has 3 aromatic carbocycles. The van der Waals surface area contributed by atoms with E-state index in [4.69, 9.17) is 4.98 Å². The first-order valence-corrected chi connectivity index (χ1v) is 9.49. The van der Waals surface area contributed by atoms with Crippen molar-refractivity contribution in [1.82, 2.24) is 25.1 Å². The highest BCUT2D eigenvalue weighted by molar-refractivity contribution is 5.93. The van der Waals surface area contributed by atoms with Crippen LogP contribution in [0, 0.1) is 6.92 Å². The lowest BCUT2D eigenvalue weighted by Gasteiger charge is -2.11. The van der Waals surface area contributed by atoms with E-state index in [0.717, 1.165) is 22.0 Å². The van der Waals surface area contributed by atoms with E-state index in [-0.39, 0.29) is 5.75 Å². The van der Waals surface area contributed by atoms with E-state index in [1.807, 2.05) is 61.5 Å². The maximum absolute atomic E-state index is 10.3. The van der Waals surface area contributed by atoms with Gasteiger partial charge in [0, 0.05) is 10.9 Å². The third-order valence-electron chi connectivity index (χ3n) is 4.84. The number of rotatable bonds is 4. The molecule has 0 radical (unpaired) electrons. The molecule has 0 unspecified atom stereocenters. The van der Waals surface area contributed by atoms with Gasteiger partial charge in [-0.25, -0.2) is 9.97 Å². The minimum absolute atomic E-state index is 0.126. The molecule has 0 amide bonds. The number of hydrogen-bond acceptors (Lipinski definition) is 6. The maximum atomic E-state index is 10.3. The summed E-state index contributed by atoms with van der Waals surface area (Å²) in [6, 6.07) is 22.7. The number of benzene rings is 3. The van der Waals surface area contributed by atoms with Crippen molar-refractivity contribution in [3.63, 3.8) is 0 Å². The lowest BCUT2D eigenvalue weighted by atomic mass is 10.1. The maximum Gasteiger partial charge on any atom is 0.248 e. The van der Waals surface area contributed by atoms with Crippen LogP contribution in [-0.4, -0.2) is 30.3 Å². The Labute approximate surface area is 172 Å². The number of H-pyrrole nitrogens is 1. The molecule has 0 aliphatic heterocycles. The summed E-state index contributed by atoms with van der Waals surface area (Å²) in [4.78, 5) is 13.9. The number of hydrogen-bond donors (Lipinski definition) is 3. The lowest BCUT2D eigenvalue weighted by Crippen LogP contribution is -2.01. The molecule has 7 nitrogen and oxygen atoms in total. The number of nitrogens with one attached hydrogen (secondary N) is 2. The van der Waals surface area contributed by atoms with Crippen LogP contribution in [0.15, 0.2) is 72.8 Å². The van der Waals surface area contributed by atoms with Gasteiger partial charge in [-0.05, 0) is 30.7 Å². The number of phenolic OH excluding ortho intramolecular Hbond substituents is 1. The van der Waals surface area contributed by atoms with Gasteiger partial charge in [0.25, 0.3) is 0 Å². The average molecular weight is 394 g/mol. The highest BCUT2D eigenvalue weighted by Gasteiger charge is 2.15. The predicted molar refractivity (Wildman–Crippen MR) is 116 cm³/mol. The summed E-state index contributed by atoms with van der Waals surface area (Å²) in [7, 11) is 0. The van der Waals surface area contributed by atoms with E-state index in [0.29, 0.717) is 29.0 Å². The Morgan fingerprint density at radius 2 is 1.63 bits per heavy atom. The van der Waals surface area contributed by atoms with Crippen molar-refractivity contribution >= 4 is 22.7 Å². The van der Waals surface area contributed by atoms with Gasteiger partial charge in [-0.3, -0.25) is 5.10 Å². The number of aromatic nitrogens is 5. The monoisotopic (exact) mass is 394 g/mol. The number of aromatic hydroxyl groups is 1. The third-order valence-corrected chi connectivity index (χ3v) is 4.84. The van der Waals surface area contributed by atoms with Crippen LogP contribution in [0.2, 0.25) is 0 Å². The van der Waals surface area contributed by atoms with Gasteiger partial charge in [0.15, 0.2) is 11.6 Å². The average Bonchev–Trinajstić information content (AvgIpc) is 3.24. The fourth-order valence-corrected chi connectivity index (χ4v) is 3.32. The van der Waals surface area contributed by atoms with Gasteiger partial charge in [-0.15, -0.1) is 5.10 Å². The molecule has 0 fully saturated rings. The van der Waals surface area contributed by atoms with Gasteiger partial charge in [0.2, 0.25) is 5.95 Å². The first-order chi connectivity index (χ1) is 14.7. The summed E-state index contributed by atoms with van der Waals surface area (Å²) in [6.07, 6.45) is 0. The normalized spacial score (nSPS) is 11.0. The zero-order valence-electron chi connectivity index (χ0n) is 16.2. The molecule has 0 atom stereocenters. The lowest BCUT2D eigenvalue weighted by molar-refractivity contribution is 0.477. The van der Waals surface area contributed by atoms with Crippen LogP contribution < -0.4 is 5.32 Å². The van der Waals surface area contributed by atoms with Crippen LogP contribution in [0.4, 0.5) is 11.8 Å². The Bertz CT molecular complexity index is 1350. The first kappa shape index (κ1) is 17.8. The Kier molecular flexibility index (Phi) is 4.33. The second-order valence-corrected chi connectivity index (χ2v) is 6.88. The molecule has 5 aromatic rings. The van der Waals surface area contributed by atoms with Gasteiger partial charge in [0.05, 0.1) is 11.1 Å². The molecule has 0 spiro atoms. The molecule has 0 saturated heterocycles. The molecule has 0 aliphatic carbocycles. The van der Waals surface area contributed by atoms with Crippen molar-refractivity contribution in [3.8, 4) is 28.5 Å². The summed E-state index contributed by atoms with van der Waals surface area (Å²) < 4.78 is 0. The minimum atomic E-state index is 0.126. The Hall–Kier alpha value is -4.26. The zero-order chi connectivity index (χ0) is 20.5. The van der Waals surface area contributed by atoms with E-state index in [1.54, 1.807) is 18.2 Å². The fraction of sp³-hybridized carbons (Fsp3) is 0.0435. The van der Waals surface area contributed by atoms with Crippen molar-refractivity contribution < 1.29 is 5.11 Å². The number of aromatic amines is 1. The van der Waals surface area contributed by atoms with Crippen molar-refractivity contribution in [2.45, 2.75) is 6.92 Å². The molecule has 2 aromatic heterocycles. The fourth-order valence-electron chi connectivity index (χ4n) is 3.32. The third kappa shape index (κ3) is 3.22. The molecule has 3 N–H and O–H groups in total. The molecule has 0 bridgehead atoms. The molecule has 146 valence electrons. The second kappa shape index (κ2) is 7.29. The van der Waals surface area contributed by atoms with Gasteiger partial charge < -0.3 is 10.4 Å². The molecule has 7 heteroatoms. The number of fused-ring (bicyclic) bond motifs is 1. The van der Waals surface area contributed by atoms with Gasteiger partial charge in [-0.1, -0.05) is 54.6 Å². The summed E-state index contributed by atoms with van der Waals surface area (Å²) in [5, 5.41) is 21.6. The smallest absolute Gasteiger partial charge is 0.248 e. The SMILES string of the molecule is Cc1cccc2c(Nc3n[nH]c(-c4ccccc4)n3)nc(-c3ccccc3O)nc12. The van der Waals surface area contributed by atoms with E-state index < -0.39 is 0 Å². The van der Waals surface area contributed by atoms with Crippen molar-refractivity contribution in [2.75, 3.05) is 5.32 Å². The van der Waals surface area contributed by atoms with Crippen LogP contribution in [0.5, 0.6) is 5.75 Å². The van der Waals surface area contributed by atoms with Crippen LogP contribution in [-0.2, 0) is 0 Å². The van der Waals surface area contributed by atoms with E-state index >= 15 is 0 Å². The summed E-state index contributed by atoms with van der Waals surface area (Å²) >= 11 is 0. The highest BCUT2D eigenvalue weighted by atomic mass is 16.3. The standard InChI is InChI=1S/C23H18N6O/c1-14-8-7-12-17-19(14)24-21(16-11-5-6-13-18(16)30)25-22(17)27-23-26-20(28-29-23)15-9-3-2-4-10-15/h2-13,30H,1H3,(H2,24,25,26,27,28,29). The van der Waals surface area contributed by atoms with Crippen LogP contribution in [0.3, 0.4) is 0 Å². The highest BCUT2D eigenvalue weighted by Crippen LogP contribution is 2.32. The second-order valence-electron chi connectivity index (χ2n) is 6.88. The van der Waals surface area contributed by atoms with Crippen molar-refractivity contribution in [1.29, 1.82) is 0 Å². The largest absolute Gasteiger partial charge is 0.507 e. The van der Waals surface area contributed by atoms with Crippen LogP contribution in [0.1, 0.15) is 5.56 Å².